The zero-order valence-corrected chi connectivity index (χ0v) is 10.4. The fourth-order valence-corrected chi connectivity index (χ4v) is 1.43. The Morgan fingerprint density at radius 1 is 1.44 bits per heavy atom. The van der Waals surface area contributed by atoms with Crippen molar-refractivity contribution in [3.8, 4) is 0 Å². The maximum absolute atomic E-state index is 11.6. The Labute approximate surface area is 105 Å². The Hall–Kier alpha value is -2.08. The Bertz CT molecular complexity index is 434. The minimum atomic E-state index is -0.535. The van der Waals surface area contributed by atoms with Crippen LogP contribution in [0.15, 0.2) is 24.3 Å². The predicted molar refractivity (Wildman–Crippen MR) is 68.5 cm³/mol. The second-order valence-corrected chi connectivity index (χ2v) is 3.90. The van der Waals surface area contributed by atoms with Gasteiger partial charge in [0.1, 0.15) is 0 Å². The molecule has 0 saturated heterocycles. The molecule has 6 heteroatoms. The average Bonchev–Trinajstić information content (AvgIpc) is 2.29. The van der Waals surface area contributed by atoms with Crippen LogP contribution in [0.4, 0.5) is 10.5 Å². The Morgan fingerprint density at radius 2 is 2.17 bits per heavy atom. The fourth-order valence-electron chi connectivity index (χ4n) is 1.43. The van der Waals surface area contributed by atoms with Crippen LogP contribution in [0.25, 0.3) is 0 Å². The van der Waals surface area contributed by atoms with Gasteiger partial charge in [0.05, 0.1) is 12.6 Å². The zero-order chi connectivity index (χ0) is 13.5. The van der Waals surface area contributed by atoms with Crippen LogP contribution in [0.3, 0.4) is 0 Å². The van der Waals surface area contributed by atoms with Crippen LogP contribution in [0.1, 0.15) is 17.3 Å². The molecule has 1 rings (SSSR count). The van der Waals surface area contributed by atoms with E-state index in [1.54, 1.807) is 25.3 Å². The van der Waals surface area contributed by atoms with E-state index in [0.29, 0.717) is 17.9 Å². The van der Waals surface area contributed by atoms with E-state index < -0.39 is 5.91 Å². The van der Waals surface area contributed by atoms with E-state index in [4.69, 9.17) is 10.5 Å². The Morgan fingerprint density at radius 3 is 2.78 bits per heavy atom. The molecule has 1 atom stereocenters. The van der Waals surface area contributed by atoms with Gasteiger partial charge in [-0.25, -0.2) is 4.79 Å². The zero-order valence-electron chi connectivity index (χ0n) is 10.4. The van der Waals surface area contributed by atoms with Crippen molar-refractivity contribution in [2.24, 2.45) is 5.73 Å². The summed E-state index contributed by atoms with van der Waals surface area (Å²) in [6.07, 6.45) is 0. The summed E-state index contributed by atoms with van der Waals surface area (Å²) in [7, 11) is 1.56. The minimum Gasteiger partial charge on any atom is -0.383 e. The second-order valence-electron chi connectivity index (χ2n) is 3.90. The first kappa shape index (κ1) is 14.0. The van der Waals surface area contributed by atoms with E-state index in [0.717, 1.165) is 0 Å². The Balaban J connectivity index is 2.59. The van der Waals surface area contributed by atoms with Gasteiger partial charge >= 0.3 is 6.03 Å². The average molecular weight is 251 g/mol. The number of rotatable bonds is 5. The SMILES string of the molecule is COC[C@H](C)NC(=O)Nc1cccc(C(N)=O)c1. The highest BCUT2D eigenvalue weighted by atomic mass is 16.5. The Kier molecular flexibility index (Phi) is 5.13. The smallest absolute Gasteiger partial charge is 0.319 e. The molecule has 98 valence electrons. The molecule has 0 spiro atoms. The van der Waals surface area contributed by atoms with Crippen LogP contribution in [-0.2, 0) is 4.74 Å². The molecule has 4 N–H and O–H groups in total. The number of carbonyl (C=O) groups excluding carboxylic acids is 2. The van der Waals surface area contributed by atoms with Crippen LogP contribution in [-0.4, -0.2) is 31.7 Å². The van der Waals surface area contributed by atoms with Gasteiger partial charge in [0.25, 0.3) is 0 Å². The normalized spacial score (nSPS) is 11.7. The number of benzene rings is 1. The van der Waals surface area contributed by atoms with Gasteiger partial charge < -0.3 is 21.1 Å². The number of ether oxygens (including phenoxy) is 1. The third-order valence-corrected chi connectivity index (χ3v) is 2.20. The third kappa shape index (κ3) is 4.42. The molecule has 0 aliphatic heterocycles. The van der Waals surface area contributed by atoms with E-state index in [9.17, 15) is 9.59 Å². The van der Waals surface area contributed by atoms with Crippen molar-refractivity contribution in [2.75, 3.05) is 19.0 Å². The first-order valence-electron chi connectivity index (χ1n) is 5.49. The number of anilines is 1. The van der Waals surface area contributed by atoms with Gasteiger partial charge in [-0.05, 0) is 25.1 Å². The first-order chi connectivity index (χ1) is 8.52. The summed E-state index contributed by atoms with van der Waals surface area (Å²) in [6, 6.07) is 5.96. The summed E-state index contributed by atoms with van der Waals surface area (Å²) in [4.78, 5) is 22.6. The fraction of sp³-hybridized carbons (Fsp3) is 0.333. The van der Waals surface area contributed by atoms with Crippen LogP contribution in [0.5, 0.6) is 0 Å². The van der Waals surface area contributed by atoms with Crippen molar-refractivity contribution < 1.29 is 14.3 Å². The van der Waals surface area contributed by atoms with Crippen LogP contribution >= 0.6 is 0 Å². The molecule has 3 amide bonds. The van der Waals surface area contributed by atoms with E-state index in [-0.39, 0.29) is 12.1 Å². The summed E-state index contributed by atoms with van der Waals surface area (Å²) in [5, 5.41) is 5.30. The molecule has 0 bridgehead atoms. The first-order valence-corrected chi connectivity index (χ1v) is 5.49. The lowest BCUT2D eigenvalue weighted by molar-refractivity contribution is 0.100. The second kappa shape index (κ2) is 6.61. The lowest BCUT2D eigenvalue weighted by Crippen LogP contribution is -2.38. The number of carbonyl (C=O) groups is 2. The highest BCUT2D eigenvalue weighted by molar-refractivity contribution is 5.95. The molecule has 0 radical (unpaired) electrons. The van der Waals surface area contributed by atoms with Crippen molar-refractivity contribution in [1.82, 2.24) is 5.32 Å². The molecular weight excluding hydrogens is 234 g/mol. The lowest BCUT2D eigenvalue weighted by atomic mass is 10.2. The van der Waals surface area contributed by atoms with Crippen molar-refractivity contribution in [3.63, 3.8) is 0 Å². The van der Waals surface area contributed by atoms with Gasteiger partial charge in [-0.1, -0.05) is 6.07 Å². The third-order valence-electron chi connectivity index (χ3n) is 2.20. The predicted octanol–water partition coefficient (Wildman–Crippen LogP) is 0.942. The number of nitrogens with one attached hydrogen (secondary N) is 2. The molecule has 6 nitrogen and oxygen atoms in total. The van der Waals surface area contributed by atoms with E-state index in [1.807, 2.05) is 6.92 Å². The largest absolute Gasteiger partial charge is 0.383 e. The van der Waals surface area contributed by atoms with Crippen LogP contribution in [0, 0.1) is 0 Å². The highest BCUT2D eigenvalue weighted by Gasteiger charge is 2.08. The molecular formula is C12H17N3O3. The van der Waals surface area contributed by atoms with Crippen molar-refractivity contribution in [3.05, 3.63) is 29.8 Å². The van der Waals surface area contributed by atoms with Crippen LogP contribution in [0.2, 0.25) is 0 Å². The summed E-state index contributed by atoms with van der Waals surface area (Å²) in [5.41, 5.74) is 6.00. The number of methoxy groups -OCH3 is 1. The van der Waals surface area contributed by atoms with Crippen molar-refractivity contribution in [1.29, 1.82) is 0 Å². The molecule has 18 heavy (non-hydrogen) atoms. The number of urea groups is 1. The summed E-state index contributed by atoms with van der Waals surface area (Å²) < 4.78 is 4.90. The molecule has 0 heterocycles. The molecule has 1 aromatic rings. The monoisotopic (exact) mass is 251 g/mol. The van der Waals surface area contributed by atoms with Gasteiger partial charge in [-0.2, -0.15) is 0 Å². The maximum atomic E-state index is 11.6. The molecule has 0 aromatic heterocycles. The van der Waals surface area contributed by atoms with E-state index in [2.05, 4.69) is 10.6 Å². The molecule has 0 unspecified atom stereocenters. The van der Waals surface area contributed by atoms with E-state index in [1.165, 1.54) is 6.07 Å². The van der Waals surface area contributed by atoms with Gasteiger partial charge in [-0.3, -0.25) is 4.79 Å². The molecule has 1 aromatic carbocycles. The molecule has 0 aliphatic rings. The maximum Gasteiger partial charge on any atom is 0.319 e. The van der Waals surface area contributed by atoms with Gasteiger partial charge in [0.2, 0.25) is 5.91 Å². The van der Waals surface area contributed by atoms with Crippen LogP contribution < -0.4 is 16.4 Å². The molecule has 0 aliphatic carbocycles. The minimum absolute atomic E-state index is 0.102. The number of nitrogens with two attached hydrogens (primary N) is 1. The topological polar surface area (TPSA) is 93.4 Å². The molecule has 0 saturated carbocycles. The van der Waals surface area contributed by atoms with Gasteiger partial charge in [0, 0.05) is 18.4 Å². The number of primary amides is 1. The van der Waals surface area contributed by atoms with Gasteiger partial charge in [0.15, 0.2) is 0 Å². The summed E-state index contributed by atoms with van der Waals surface area (Å²) in [5.74, 6) is -0.535. The number of hydrogen-bond acceptors (Lipinski definition) is 3. The van der Waals surface area contributed by atoms with E-state index >= 15 is 0 Å². The standard InChI is InChI=1S/C12H17N3O3/c1-8(7-18-2)14-12(17)15-10-5-3-4-9(6-10)11(13)16/h3-6,8H,7H2,1-2H3,(H2,13,16)(H2,14,15,17)/t8-/m0/s1. The quantitative estimate of drug-likeness (QED) is 0.727. The summed E-state index contributed by atoms with van der Waals surface area (Å²) in [6.45, 7) is 2.25. The molecule has 0 fully saturated rings. The lowest BCUT2D eigenvalue weighted by Gasteiger charge is -2.13. The summed E-state index contributed by atoms with van der Waals surface area (Å²) >= 11 is 0. The highest BCUT2D eigenvalue weighted by Crippen LogP contribution is 2.09. The number of hydrogen-bond donors (Lipinski definition) is 3. The van der Waals surface area contributed by atoms with Crippen molar-refractivity contribution >= 4 is 17.6 Å². The number of amides is 3. The van der Waals surface area contributed by atoms with Crippen molar-refractivity contribution in [2.45, 2.75) is 13.0 Å². The van der Waals surface area contributed by atoms with Gasteiger partial charge in [-0.15, -0.1) is 0 Å².